The predicted molar refractivity (Wildman–Crippen MR) is 48.3 cm³/mol. The summed E-state index contributed by atoms with van der Waals surface area (Å²) >= 11 is 0. The molecule has 0 atom stereocenters. The summed E-state index contributed by atoms with van der Waals surface area (Å²) in [5.74, 6) is 0.124. The monoisotopic (exact) mass is 195 g/mol. The molecule has 4 nitrogen and oxygen atoms in total. The zero-order valence-electron chi connectivity index (χ0n) is 7.82. The molecule has 5 heteroatoms. The van der Waals surface area contributed by atoms with Gasteiger partial charge in [0.2, 0.25) is 10.0 Å². The van der Waals surface area contributed by atoms with E-state index in [1.165, 1.54) is 11.4 Å². The third kappa shape index (κ3) is 4.04. The van der Waals surface area contributed by atoms with Crippen LogP contribution in [0.15, 0.2) is 0 Å². The van der Waals surface area contributed by atoms with Crippen molar-refractivity contribution in [3.63, 3.8) is 0 Å². The Morgan fingerprint density at radius 3 is 2.25 bits per heavy atom. The summed E-state index contributed by atoms with van der Waals surface area (Å²) in [4.78, 5) is 0. The first-order chi connectivity index (χ1) is 5.40. The van der Waals surface area contributed by atoms with Gasteiger partial charge in [-0.2, -0.15) is 0 Å². The number of hydrogen-bond donors (Lipinski definition) is 1. The second kappa shape index (κ2) is 4.79. The second-order valence-corrected chi connectivity index (χ2v) is 5.41. The molecular weight excluding hydrogens is 178 g/mol. The van der Waals surface area contributed by atoms with Gasteiger partial charge in [-0.1, -0.05) is 13.8 Å². The number of sulfonamides is 1. The molecule has 1 N–H and O–H groups in total. The van der Waals surface area contributed by atoms with Gasteiger partial charge in [-0.15, -0.1) is 0 Å². The topological polar surface area (TPSA) is 57.6 Å². The van der Waals surface area contributed by atoms with Gasteiger partial charge in [-0.05, 0) is 5.92 Å². The predicted octanol–water partition coefficient (Wildman–Crippen LogP) is -0.104. The molecule has 0 aromatic heterocycles. The lowest BCUT2D eigenvalue weighted by atomic mass is 10.2. The van der Waals surface area contributed by atoms with Gasteiger partial charge in [-0.25, -0.2) is 12.7 Å². The summed E-state index contributed by atoms with van der Waals surface area (Å²) in [6.07, 6.45) is 0. The Hall–Kier alpha value is -0.130. The van der Waals surface area contributed by atoms with E-state index in [4.69, 9.17) is 5.11 Å². The largest absolute Gasteiger partial charge is 0.395 e. The summed E-state index contributed by atoms with van der Waals surface area (Å²) in [5.41, 5.74) is 0. The Balaban J connectivity index is 4.16. The van der Waals surface area contributed by atoms with E-state index in [1.54, 1.807) is 0 Å². The van der Waals surface area contributed by atoms with E-state index in [0.717, 1.165) is 0 Å². The molecule has 0 aromatic rings. The van der Waals surface area contributed by atoms with Crippen LogP contribution in [-0.2, 0) is 10.0 Å². The van der Waals surface area contributed by atoms with E-state index in [1.807, 2.05) is 13.8 Å². The van der Waals surface area contributed by atoms with Gasteiger partial charge in [0.1, 0.15) is 0 Å². The van der Waals surface area contributed by atoms with Crippen molar-refractivity contribution < 1.29 is 13.5 Å². The van der Waals surface area contributed by atoms with Gasteiger partial charge < -0.3 is 5.11 Å². The van der Waals surface area contributed by atoms with E-state index in [-0.39, 0.29) is 12.4 Å². The summed E-state index contributed by atoms with van der Waals surface area (Å²) in [7, 11) is -1.69. The van der Waals surface area contributed by atoms with Crippen molar-refractivity contribution in [3.8, 4) is 0 Å². The zero-order valence-corrected chi connectivity index (χ0v) is 8.63. The molecule has 0 spiro atoms. The van der Waals surface area contributed by atoms with Gasteiger partial charge in [0.25, 0.3) is 0 Å². The smallest absolute Gasteiger partial charge is 0.216 e. The molecule has 0 radical (unpaired) electrons. The molecule has 0 saturated carbocycles. The standard InChI is InChI=1S/C7H17NO3S/c1-7(2)6-8(3)12(10,11)5-4-9/h7,9H,4-6H2,1-3H3. The summed E-state index contributed by atoms with van der Waals surface area (Å²) in [6.45, 7) is 4.09. The zero-order chi connectivity index (χ0) is 9.78. The third-order valence-electron chi connectivity index (χ3n) is 1.45. The first kappa shape index (κ1) is 11.9. The maximum Gasteiger partial charge on any atom is 0.216 e. The Labute approximate surface area is 74.2 Å². The lowest BCUT2D eigenvalue weighted by Gasteiger charge is -2.18. The first-order valence-electron chi connectivity index (χ1n) is 3.95. The van der Waals surface area contributed by atoms with E-state index in [0.29, 0.717) is 12.5 Å². The number of nitrogens with zero attached hydrogens (tertiary/aromatic N) is 1. The van der Waals surface area contributed by atoms with Crippen LogP contribution in [0.4, 0.5) is 0 Å². The van der Waals surface area contributed by atoms with Crippen molar-refractivity contribution in [2.45, 2.75) is 13.8 Å². The van der Waals surface area contributed by atoms with Crippen LogP contribution in [0.25, 0.3) is 0 Å². The molecule has 0 amide bonds. The average molecular weight is 195 g/mol. The Bertz CT molecular complexity index is 211. The van der Waals surface area contributed by atoms with Gasteiger partial charge in [0, 0.05) is 13.6 Å². The van der Waals surface area contributed by atoms with Gasteiger partial charge >= 0.3 is 0 Å². The van der Waals surface area contributed by atoms with E-state index in [9.17, 15) is 8.42 Å². The summed E-state index contributed by atoms with van der Waals surface area (Å²) < 4.78 is 23.7. The highest BCUT2D eigenvalue weighted by Gasteiger charge is 2.17. The fourth-order valence-corrected chi connectivity index (χ4v) is 1.97. The van der Waals surface area contributed by atoms with Crippen molar-refractivity contribution in [2.24, 2.45) is 5.92 Å². The average Bonchev–Trinajstić information content (AvgIpc) is 1.85. The van der Waals surface area contributed by atoms with Gasteiger partial charge in [0.15, 0.2) is 0 Å². The molecule has 0 aliphatic rings. The SMILES string of the molecule is CC(C)CN(C)S(=O)(=O)CCO. The molecule has 0 aromatic carbocycles. The fraction of sp³-hybridized carbons (Fsp3) is 1.00. The lowest BCUT2D eigenvalue weighted by molar-refractivity contribution is 0.314. The molecule has 12 heavy (non-hydrogen) atoms. The number of hydrogen-bond acceptors (Lipinski definition) is 3. The van der Waals surface area contributed by atoms with Crippen molar-refractivity contribution in [2.75, 3.05) is 26.0 Å². The third-order valence-corrected chi connectivity index (χ3v) is 3.24. The number of rotatable bonds is 5. The number of aliphatic hydroxyl groups is 1. The quantitative estimate of drug-likeness (QED) is 0.666. The van der Waals surface area contributed by atoms with Crippen LogP contribution in [0, 0.1) is 5.92 Å². The normalized spacial score (nSPS) is 12.8. The van der Waals surface area contributed by atoms with E-state index >= 15 is 0 Å². The molecule has 0 rings (SSSR count). The molecule has 0 saturated heterocycles. The van der Waals surface area contributed by atoms with Crippen molar-refractivity contribution >= 4 is 10.0 Å². The van der Waals surface area contributed by atoms with E-state index in [2.05, 4.69) is 0 Å². The van der Waals surface area contributed by atoms with Crippen molar-refractivity contribution in [3.05, 3.63) is 0 Å². The molecule has 0 bridgehead atoms. The van der Waals surface area contributed by atoms with Crippen LogP contribution in [-0.4, -0.2) is 43.8 Å². The molecule has 74 valence electrons. The Morgan fingerprint density at radius 2 is 1.92 bits per heavy atom. The summed E-state index contributed by atoms with van der Waals surface area (Å²) in [6, 6.07) is 0. The highest BCUT2D eigenvalue weighted by Crippen LogP contribution is 2.02. The van der Waals surface area contributed by atoms with Gasteiger partial charge in [0.05, 0.1) is 12.4 Å². The molecule has 0 fully saturated rings. The fourth-order valence-electron chi connectivity index (χ4n) is 0.899. The van der Waals surface area contributed by atoms with Gasteiger partial charge in [-0.3, -0.25) is 0 Å². The minimum Gasteiger partial charge on any atom is -0.395 e. The Kier molecular flexibility index (Phi) is 4.74. The maximum atomic E-state index is 11.2. The van der Waals surface area contributed by atoms with Crippen molar-refractivity contribution in [1.82, 2.24) is 4.31 Å². The highest BCUT2D eigenvalue weighted by atomic mass is 32.2. The number of aliphatic hydroxyl groups excluding tert-OH is 1. The van der Waals surface area contributed by atoms with Crippen LogP contribution in [0.5, 0.6) is 0 Å². The van der Waals surface area contributed by atoms with Crippen LogP contribution < -0.4 is 0 Å². The minimum atomic E-state index is -3.22. The lowest BCUT2D eigenvalue weighted by Crippen LogP contribution is -2.33. The van der Waals surface area contributed by atoms with Crippen LogP contribution >= 0.6 is 0 Å². The Morgan fingerprint density at radius 1 is 1.42 bits per heavy atom. The molecule has 0 heterocycles. The minimum absolute atomic E-state index is 0.184. The van der Waals surface area contributed by atoms with Crippen LogP contribution in [0.3, 0.4) is 0 Å². The molecular formula is C7H17NO3S. The van der Waals surface area contributed by atoms with Crippen molar-refractivity contribution in [1.29, 1.82) is 0 Å². The second-order valence-electron chi connectivity index (χ2n) is 3.21. The summed E-state index contributed by atoms with van der Waals surface area (Å²) in [5, 5.41) is 8.48. The molecule has 0 unspecified atom stereocenters. The molecule has 0 aliphatic carbocycles. The maximum absolute atomic E-state index is 11.2. The van der Waals surface area contributed by atoms with Crippen LogP contribution in [0.1, 0.15) is 13.8 Å². The van der Waals surface area contributed by atoms with E-state index < -0.39 is 10.0 Å². The molecule has 0 aliphatic heterocycles. The first-order valence-corrected chi connectivity index (χ1v) is 5.56. The van der Waals surface area contributed by atoms with Crippen LogP contribution in [0.2, 0.25) is 0 Å². The highest BCUT2D eigenvalue weighted by molar-refractivity contribution is 7.89.